The Morgan fingerprint density at radius 3 is 2.53 bits per heavy atom. The monoisotopic (exact) mass is 234 g/mol. The maximum Gasteiger partial charge on any atom is 0.138 e. The van der Waals surface area contributed by atoms with E-state index in [1.165, 1.54) is 38.5 Å². The number of hydrogen-bond acceptors (Lipinski definition) is 3. The molecule has 2 N–H and O–H groups in total. The third kappa shape index (κ3) is 4.00. The van der Waals surface area contributed by atoms with Gasteiger partial charge in [0, 0.05) is 12.1 Å². The van der Waals surface area contributed by atoms with E-state index in [1.54, 1.807) is 0 Å². The van der Waals surface area contributed by atoms with Gasteiger partial charge < -0.3 is 10.5 Å². The first kappa shape index (κ1) is 12.4. The number of hydrogen-bond donors (Lipinski definition) is 1. The zero-order valence-corrected chi connectivity index (χ0v) is 10.4. The summed E-state index contributed by atoms with van der Waals surface area (Å²) in [5, 5.41) is 0. The number of ether oxygens (including phenoxy) is 1. The van der Waals surface area contributed by atoms with Gasteiger partial charge in [0.25, 0.3) is 0 Å². The Morgan fingerprint density at radius 1 is 1.18 bits per heavy atom. The Labute approximate surface area is 103 Å². The highest BCUT2D eigenvalue weighted by atomic mass is 16.5. The largest absolute Gasteiger partial charge is 0.489 e. The van der Waals surface area contributed by atoms with E-state index >= 15 is 0 Å². The summed E-state index contributed by atoms with van der Waals surface area (Å²) in [5.41, 5.74) is 6.54. The summed E-state index contributed by atoms with van der Waals surface area (Å²) >= 11 is 0. The van der Waals surface area contributed by atoms with E-state index in [1.807, 2.05) is 18.3 Å². The number of pyridine rings is 1. The van der Waals surface area contributed by atoms with E-state index in [2.05, 4.69) is 4.98 Å². The highest BCUT2D eigenvalue weighted by Crippen LogP contribution is 2.22. The van der Waals surface area contributed by atoms with Crippen molar-refractivity contribution in [2.75, 3.05) is 6.54 Å². The van der Waals surface area contributed by atoms with Crippen LogP contribution in [0, 0.1) is 0 Å². The summed E-state index contributed by atoms with van der Waals surface area (Å²) < 4.78 is 5.97. The van der Waals surface area contributed by atoms with Crippen LogP contribution in [0.25, 0.3) is 0 Å². The molecule has 0 amide bonds. The van der Waals surface area contributed by atoms with Gasteiger partial charge in [0.1, 0.15) is 5.75 Å². The lowest BCUT2D eigenvalue weighted by atomic mass is 10.1. The zero-order chi connectivity index (χ0) is 11.9. The fourth-order valence-electron chi connectivity index (χ4n) is 2.33. The van der Waals surface area contributed by atoms with Gasteiger partial charge in [-0.2, -0.15) is 0 Å². The lowest BCUT2D eigenvalue weighted by Crippen LogP contribution is -2.15. The molecule has 0 aliphatic heterocycles. The molecule has 3 nitrogen and oxygen atoms in total. The van der Waals surface area contributed by atoms with Gasteiger partial charge in [0.15, 0.2) is 0 Å². The van der Waals surface area contributed by atoms with Crippen LogP contribution in [-0.2, 0) is 6.42 Å². The predicted octanol–water partition coefficient (Wildman–Crippen LogP) is 2.68. The molecule has 0 unspecified atom stereocenters. The van der Waals surface area contributed by atoms with Crippen molar-refractivity contribution in [3.8, 4) is 5.75 Å². The van der Waals surface area contributed by atoms with E-state index in [-0.39, 0.29) is 0 Å². The van der Waals surface area contributed by atoms with Crippen molar-refractivity contribution >= 4 is 0 Å². The van der Waals surface area contributed by atoms with Gasteiger partial charge in [0.05, 0.1) is 12.3 Å². The third-order valence-electron chi connectivity index (χ3n) is 3.30. The molecule has 17 heavy (non-hydrogen) atoms. The Bertz CT molecular complexity index is 315. The predicted molar refractivity (Wildman–Crippen MR) is 69.1 cm³/mol. The molecule has 0 atom stereocenters. The number of rotatable bonds is 4. The van der Waals surface area contributed by atoms with Crippen LogP contribution < -0.4 is 10.5 Å². The highest BCUT2D eigenvalue weighted by molar-refractivity contribution is 5.20. The molecule has 3 heteroatoms. The molecule has 1 aliphatic rings. The Balaban J connectivity index is 1.88. The third-order valence-corrected chi connectivity index (χ3v) is 3.30. The molecule has 0 spiro atoms. The molecule has 1 saturated carbocycles. The highest BCUT2D eigenvalue weighted by Gasteiger charge is 2.13. The average molecular weight is 234 g/mol. The average Bonchev–Trinajstić information content (AvgIpc) is 2.61. The molecule has 1 heterocycles. The fourth-order valence-corrected chi connectivity index (χ4v) is 2.33. The molecule has 1 aromatic heterocycles. The standard InChI is InChI=1S/C14H22N2O/c15-10-9-12-7-8-14(11-16-12)17-13-5-3-1-2-4-6-13/h7-8,11,13H,1-6,9-10,15H2. The summed E-state index contributed by atoms with van der Waals surface area (Å²) in [6, 6.07) is 4.03. The van der Waals surface area contributed by atoms with E-state index in [0.29, 0.717) is 12.6 Å². The second kappa shape index (κ2) is 6.60. The normalized spacial score (nSPS) is 17.7. The van der Waals surface area contributed by atoms with Gasteiger partial charge in [-0.05, 0) is 44.4 Å². The molecule has 0 radical (unpaired) electrons. The van der Waals surface area contributed by atoms with Crippen molar-refractivity contribution in [2.24, 2.45) is 5.73 Å². The minimum absolute atomic E-state index is 0.389. The van der Waals surface area contributed by atoms with Crippen molar-refractivity contribution in [2.45, 2.75) is 51.0 Å². The second-order valence-corrected chi connectivity index (χ2v) is 4.76. The quantitative estimate of drug-likeness (QED) is 0.815. The zero-order valence-electron chi connectivity index (χ0n) is 10.4. The molecule has 1 fully saturated rings. The van der Waals surface area contributed by atoms with Crippen molar-refractivity contribution in [3.05, 3.63) is 24.0 Å². The minimum Gasteiger partial charge on any atom is -0.489 e. The summed E-state index contributed by atoms with van der Waals surface area (Å²) in [7, 11) is 0. The first-order valence-corrected chi connectivity index (χ1v) is 6.70. The van der Waals surface area contributed by atoms with Crippen LogP contribution in [-0.4, -0.2) is 17.6 Å². The van der Waals surface area contributed by atoms with Crippen molar-refractivity contribution < 1.29 is 4.74 Å². The lowest BCUT2D eigenvalue weighted by Gasteiger charge is -2.16. The number of nitrogens with zero attached hydrogens (tertiary/aromatic N) is 1. The smallest absolute Gasteiger partial charge is 0.138 e. The van der Waals surface area contributed by atoms with Crippen LogP contribution in [0.2, 0.25) is 0 Å². The van der Waals surface area contributed by atoms with Crippen molar-refractivity contribution in [1.82, 2.24) is 4.98 Å². The summed E-state index contributed by atoms with van der Waals surface area (Å²) in [6.45, 7) is 0.649. The van der Waals surface area contributed by atoms with Gasteiger partial charge in [0.2, 0.25) is 0 Å². The Hall–Kier alpha value is -1.09. The van der Waals surface area contributed by atoms with Crippen LogP contribution in [0.1, 0.15) is 44.2 Å². The molecule has 1 aliphatic carbocycles. The molecule has 2 rings (SSSR count). The maximum atomic E-state index is 5.97. The summed E-state index contributed by atoms with van der Waals surface area (Å²) in [6.07, 6.45) is 10.7. The van der Waals surface area contributed by atoms with E-state index in [0.717, 1.165) is 17.9 Å². The molecule has 0 saturated heterocycles. The molecule has 0 bridgehead atoms. The molecule has 0 aromatic carbocycles. The Morgan fingerprint density at radius 2 is 1.94 bits per heavy atom. The van der Waals surface area contributed by atoms with E-state index in [9.17, 15) is 0 Å². The second-order valence-electron chi connectivity index (χ2n) is 4.76. The van der Waals surface area contributed by atoms with Gasteiger partial charge >= 0.3 is 0 Å². The summed E-state index contributed by atoms with van der Waals surface area (Å²) in [4.78, 5) is 4.35. The van der Waals surface area contributed by atoms with Gasteiger partial charge in [-0.1, -0.05) is 12.8 Å². The Kier molecular flexibility index (Phi) is 4.80. The van der Waals surface area contributed by atoms with Gasteiger partial charge in [-0.15, -0.1) is 0 Å². The topological polar surface area (TPSA) is 48.1 Å². The fraction of sp³-hybridized carbons (Fsp3) is 0.643. The van der Waals surface area contributed by atoms with Crippen molar-refractivity contribution in [1.29, 1.82) is 0 Å². The maximum absolute atomic E-state index is 5.97. The number of nitrogens with two attached hydrogens (primary N) is 1. The van der Waals surface area contributed by atoms with Gasteiger partial charge in [-0.3, -0.25) is 4.98 Å². The first-order valence-electron chi connectivity index (χ1n) is 6.70. The van der Waals surface area contributed by atoms with E-state index < -0.39 is 0 Å². The lowest BCUT2D eigenvalue weighted by molar-refractivity contribution is 0.183. The first-order chi connectivity index (χ1) is 8.38. The van der Waals surface area contributed by atoms with Crippen LogP contribution in [0.15, 0.2) is 18.3 Å². The van der Waals surface area contributed by atoms with Crippen molar-refractivity contribution in [3.63, 3.8) is 0 Å². The summed E-state index contributed by atoms with van der Waals surface area (Å²) in [5.74, 6) is 0.901. The van der Waals surface area contributed by atoms with Crippen LogP contribution in [0.5, 0.6) is 5.75 Å². The van der Waals surface area contributed by atoms with Gasteiger partial charge in [-0.25, -0.2) is 0 Å². The van der Waals surface area contributed by atoms with E-state index in [4.69, 9.17) is 10.5 Å². The molecular formula is C14H22N2O. The number of aromatic nitrogens is 1. The molecule has 94 valence electrons. The molecule has 1 aromatic rings. The minimum atomic E-state index is 0.389. The molecular weight excluding hydrogens is 212 g/mol. The van der Waals surface area contributed by atoms with Crippen LogP contribution in [0.3, 0.4) is 0 Å². The SMILES string of the molecule is NCCc1ccc(OC2CCCCCC2)cn1. The van der Waals surface area contributed by atoms with Crippen LogP contribution in [0.4, 0.5) is 0 Å². The van der Waals surface area contributed by atoms with Crippen LogP contribution >= 0.6 is 0 Å².